The molecule has 112 valence electrons. The van der Waals surface area contributed by atoms with E-state index in [4.69, 9.17) is 16.3 Å². The number of rotatable bonds is 3. The van der Waals surface area contributed by atoms with Gasteiger partial charge in [-0.3, -0.25) is 0 Å². The second-order valence-electron chi connectivity index (χ2n) is 4.18. The van der Waals surface area contributed by atoms with E-state index in [1.807, 2.05) is 0 Å². The minimum atomic E-state index is -1.65. The lowest BCUT2D eigenvalue weighted by Gasteiger charge is -2.17. The van der Waals surface area contributed by atoms with Gasteiger partial charge in [0.25, 0.3) is 0 Å². The van der Waals surface area contributed by atoms with E-state index in [0.29, 0.717) is 4.47 Å². The van der Waals surface area contributed by atoms with Crippen molar-refractivity contribution >= 4 is 27.5 Å². The highest BCUT2D eigenvalue weighted by atomic mass is 79.9. The van der Waals surface area contributed by atoms with E-state index < -0.39 is 29.1 Å². The summed E-state index contributed by atoms with van der Waals surface area (Å²) in [6.45, 7) is 0. The van der Waals surface area contributed by atoms with Crippen LogP contribution in [0.25, 0.3) is 0 Å². The molecule has 0 fully saturated rings. The number of benzene rings is 2. The Morgan fingerprint density at radius 1 is 1.14 bits per heavy atom. The molecule has 1 N–H and O–H groups in total. The van der Waals surface area contributed by atoms with Crippen molar-refractivity contribution in [1.82, 2.24) is 0 Å². The minimum Gasteiger partial charge on any atom is -0.495 e. The molecule has 1 atom stereocenters. The van der Waals surface area contributed by atoms with E-state index in [1.165, 1.54) is 19.2 Å². The van der Waals surface area contributed by atoms with Crippen LogP contribution in [0.5, 0.6) is 5.75 Å². The van der Waals surface area contributed by atoms with E-state index in [0.717, 1.165) is 12.1 Å². The van der Waals surface area contributed by atoms with E-state index in [-0.39, 0.29) is 16.3 Å². The molecule has 0 aliphatic rings. The van der Waals surface area contributed by atoms with E-state index in [2.05, 4.69) is 15.9 Å². The fourth-order valence-electron chi connectivity index (χ4n) is 1.92. The summed E-state index contributed by atoms with van der Waals surface area (Å²) in [5.74, 6) is -4.22. The molecule has 0 aromatic heterocycles. The molecule has 7 heteroatoms. The molecule has 0 spiro atoms. The van der Waals surface area contributed by atoms with Crippen molar-refractivity contribution in [2.45, 2.75) is 6.10 Å². The molecule has 0 aliphatic carbocycles. The maximum absolute atomic E-state index is 13.8. The summed E-state index contributed by atoms with van der Waals surface area (Å²) in [6, 6.07) is 4.59. The van der Waals surface area contributed by atoms with Gasteiger partial charge >= 0.3 is 0 Å². The van der Waals surface area contributed by atoms with Gasteiger partial charge in [0.05, 0.1) is 11.6 Å². The van der Waals surface area contributed by atoms with Gasteiger partial charge in [-0.15, -0.1) is 0 Å². The Morgan fingerprint density at radius 3 is 2.43 bits per heavy atom. The second-order valence-corrected chi connectivity index (χ2v) is 5.47. The van der Waals surface area contributed by atoms with Gasteiger partial charge in [-0.05, 0) is 34.1 Å². The Balaban J connectivity index is 2.60. The van der Waals surface area contributed by atoms with Crippen molar-refractivity contribution in [3.05, 3.63) is 62.3 Å². The standard InChI is InChI=1S/C14H9BrClF3O2/c1-21-14-8(4-6(16)5-9(14)15)13(20)7-2-3-10(17)12(19)11(7)18/h2-5,13,20H,1H3. The first kappa shape index (κ1) is 16.1. The number of hydrogen-bond donors (Lipinski definition) is 1. The van der Waals surface area contributed by atoms with Gasteiger partial charge in [-0.1, -0.05) is 17.7 Å². The van der Waals surface area contributed by atoms with Crippen molar-refractivity contribution < 1.29 is 23.0 Å². The lowest BCUT2D eigenvalue weighted by Crippen LogP contribution is -2.07. The first-order chi connectivity index (χ1) is 9.86. The maximum atomic E-state index is 13.8. The van der Waals surface area contributed by atoms with Crippen molar-refractivity contribution in [1.29, 1.82) is 0 Å². The number of halogens is 5. The molecular formula is C14H9BrClF3O2. The monoisotopic (exact) mass is 380 g/mol. The number of aliphatic hydroxyl groups excluding tert-OH is 1. The summed E-state index contributed by atoms with van der Waals surface area (Å²) in [6.07, 6.45) is -1.56. The van der Waals surface area contributed by atoms with Crippen LogP contribution in [0.4, 0.5) is 13.2 Å². The maximum Gasteiger partial charge on any atom is 0.194 e. The molecule has 0 bridgehead atoms. The predicted molar refractivity (Wildman–Crippen MR) is 76.1 cm³/mol. The Labute approximate surface area is 132 Å². The fourth-order valence-corrected chi connectivity index (χ4v) is 2.91. The van der Waals surface area contributed by atoms with Crippen LogP contribution < -0.4 is 4.74 Å². The summed E-state index contributed by atoms with van der Waals surface area (Å²) in [7, 11) is 1.35. The molecule has 1 unspecified atom stereocenters. The van der Waals surface area contributed by atoms with Crippen LogP contribution in [-0.4, -0.2) is 12.2 Å². The molecular weight excluding hydrogens is 373 g/mol. The molecule has 0 saturated carbocycles. The van der Waals surface area contributed by atoms with Gasteiger partial charge in [0.2, 0.25) is 0 Å². The fraction of sp³-hybridized carbons (Fsp3) is 0.143. The van der Waals surface area contributed by atoms with Crippen LogP contribution in [0.3, 0.4) is 0 Å². The first-order valence-corrected chi connectivity index (χ1v) is 6.88. The quantitative estimate of drug-likeness (QED) is 0.787. The lowest BCUT2D eigenvalue weighted by atomic mass is 10.00. The lowest BCUT2D eigenvalue weighted by molar-refractivity contribution is 0.207. The number of hydrogen-bond acceptors (Lipinski definition) is 2. The number of aliphatic hydroxyl groups is 1. The molecule has 0 heterocycles. The highest BCUT2D eigenvalue weighted by molar-refractivity contribution is 9.10. The third-order valence-corrected chi connectivity index (χ3v) is 3.70. The summed E-state index contributed by atoms with van der Waals surface area (Å²) in [4.78, 5) is 0. The molecule has 2 nitrogen and oxygen atoms in total. The van der Waals surface area contributed by atoms with Gasteiger partial charge < -0.3 is 9.84 Å². The minimum absolute atomic E-state index is 0.127. The van der Waals surface area contributed by atoms with Crippen molar-refractivity contribution in [3.8, 4) is 5.75 Å². The molecule has 21 heavy (non-hydrogen) atoms. The van der Waals surface area contributed by atoms with E-state index in [1.54, 1.807) is 0 Å². The highest BCUT2D eigenvalue weighted by Crippen LogP contribution is 2.39. The zero-order valence-electron chi connectivity index (χ0n) is 10.6. The third kappa shape index (κ3) is 3.02. The third-order valence-electron chi connectivity index (χ3n) is 2.90. The van der Waals surface area contributed by atoms with E-state index >= 15 is 0 Å². The summed E-state index contributed by atoms with van der Waals surface area (Å²) in [5.41, 5.74) is -0.289. The molecule has 2 aromatic rings. The average molecular weight is 382 g/mol. The Morgan fingerprint density at radius 2 is 1.81 bits per heavy atom. The highest BCUT2D eigenvalue weighted by Gasteiger charge is 2.24. The predicted octanol–water partition coefficient (Wildman–Crippen LogP) is 4.61. The molecule has 0 amide bonds. The average Bonchev–Trinajstić information content (AvgIpc) is 2.43. The summed E-state index contributed by atoms with van der Waals surface area (Å²) < 4.78 is 45.6. The normalized spacial score (nSPS) is 12.3. The first-order valence-electron chi connectivity index (χ1n) is 5.71. The van der Waals surface area contributed by atoms with Crippen LogP contribution in [0.15, 0.2) is 28.7 Å². The molecule has 0 saturated heterocycles. The molecule has 0 aliphatic heterocycles. The summed E-state index contributed by atoms with van der Waals surface area (Å²) >= 11 is 9.08. The zero-order chi connectivity index (χ0) is 15.7. The van der Waals surface area contributed by atoms with Crippen LogP contribution in [-0.2, 0) is 0 Å². The largest absolute Gasteiger partial charge is 0.495 e. The van der Waals surface area contributed by atoms with Crippen molar-refractivity contribution in [3.63, 3.8) is 0 Å². The Kier molecular flexibility index (Phi) is 4.81. The van der Waals surface area contributed by atoms with Gasteiger partial charge in [-0.25, -0.2) is 13.2 Å². The number of ether oxygens (including phenoxy) is 1. The zero-order valence-corrected chi connectivity index (χ0v) is 13.0. The SMILES string of the molecule is COc1c(Br)cc(Cl)cc1C(O)c1ccc(F)c(F)c1F. The van der Waals surface area contributed by atoms with Crippen molar-refractivity contribution in [2.75, 3.05) is 7.11 Å². The second kappa shape index (κ2) is 6.25. The van der Waals surface area contributed by atoms with Gasteiger partial charge in [0, 0.05) is 16.1 Å². The van der Waals surface area contributed by atoms with Gasteiger partial charge in [-0.2, -0.15) is 0 Å². The van der Waals surface area contributed by atoms with Crippen LogP contribution in [0.1, 0.15) is 17.2 Å². The van der Waals surface area contributed by atoms with Crippen LogP contribution in [0.2, 0.25) is 5.02 Å². The van der Waals surface area contributed by atoms with Gasteiger partial charge in [0.1, 0.15) is 11.9 Å². The molecule has 2 rings (SSSR count). The summed E-state index contributed by atoms with van der Waals surface area (Å²) in [5, 5.41) is 10.5. The smallest absolute Gasteiger partial charge is 0.194 e. The molecule has 2 aromatic carbocycles. The van der Waals surface area contributed by atoms with Crippen LogP contribution in [0, 0.1) is 17.5 Å². The Bertz CT molecular complexity index is 694. The van der Waals surface area contributed by atoms with E-state index in [9.17, 15) is 18.3 Å². The molecule has 0 radical (unpaired) electrons. The number of methoxy groups -OCH3 is 1. The van der Waals surface area contributed by atoms with Crippen molar-refractivity contribution in [2.24, 2.45) is 0 Å². The van der Waals surface area contributed by atoms with Gasteiger partial charge in [0.15, 0.2) is 17.5 Å². The Hall–Kier alpha value is -1.24. The topological polar surface area (TPSA) is 29.5 Å². The van der Waals surface area contributed by atoms with Crippen LogP contribution >= 0.6 is 27.5 Å².